The molecule has 182 valence electrons. The molecule has 0 fully saturated rings. The van der Waals surface area contributed by atoms with E-state index in [1.165, 1.54) is 38.3 Å². The van der Waals surface area contributed by atoms with Crippen LogP contribution in [0.15, 0.2) is 46.7 Å². The molecule has 1 heterocycles. The predicted octanol–water partition coefficient (Wildman–Crippen LogP) is 6.95. The zero-order valence-electron chi connectivity index (χ0n) is 18.1. The van der Waals surface area contributed by atoms with Gasteiger partial charge in [0.05, 0.1) is 23.9 Å². The molecule has 3 aromatic rings. The summed E-state index contributed by atoms with van der Waals surface area (Å²) in [7, 11) is 0.625. The molecule has 12 heteroatoms. The van der Waals surface area contributed by atoms with Gasteiger partial charge in [0, 0.05) is 15.4 Å². The molecule has 3 rings (SSSR count). The Kier molecular flexibility index (Phi) is 7.41. The first-order valence-electron chi connectivity index (χ1n) is 9.58. The third-order valence-electron chi connectivity index (χ3n) is 4.59. The second-order valence-corrected chi connectivity index (χ2v) is 10.0. The molecule has 1 N–H and O–H groups in total. The first kappa shape index (κ1) is 25.8. The number of carboxylic acid groups (broad SMARTS) is 1. The Hall–Kier alpha value is -2.86. The van der Waals surface area contributed by atoms with Gasteiger partial charge in [0.25, 0.3) is 10.9 Å². The average molecular weight is 521 g/mol. The van der Waals surface area contributed by atoms with Gasteiger partial charge in [-0.1, -0.05) is 0 Å². The lowest BCUT2D eigenvalue weighted by Crippen LogP contribution is -2.23. The number of benzene rings is 2. The fourth-order valence-electron chi connectivity index (χ4n) is 2.95. The Morgan fingerprint density at radius 1 is 1.09 bits per heavy atom. The van der Waals surface area contributed by atoms with Gasteiger partial charge in [-0.05, 0) is 67.6 Å². The van der Waals surface area contributed by atoms with E-state index in [0.717, 1.165) is 12.1 Å². The topological polar surface area (TPSA) is 68.7 Å². The molecular weight excluding hydrogens is 501 g/mol. The number of carbonyl (C=O) groups is 1. The maximum atomic E-state index is 13.6. The summed E-state index contributed by atoms with van der Waals surface area (Å²) in [6.45, 7) is 3.29. The summed E-state index contributed by atoms with van der Waals surface area (Å²) in [6, 6.07) is 7.42. The molecule has 2 aromatic carbocycles. The highest BCUT2D eigenvalue weighted by molar-refractivity contribution is 8.01. The Morgan fingerprint density at radius 3 is 2.29 bits per heavy atom. The molecule has 0 aliphatic rings. The first-order valence-corrected chi connectivity index (χ1v) is 11.9. The minimum atomic E-state index is -4.44. The van der Waals surface area contributed by atoms with Crippen LogP contribution in [0.4, 0.5) is 22.0 Å². The number of carboxylic acids is 1. The van der Waals surface area contributed by atoms with Crippen molar-refractivity contribution in [3.8, 4) is 22.1 Å². The Morgan fingerprint density at radius 2 is 1.74 bits per heavy atom. The number of thiazole rings is 1. The maximum Gasteiger partial charge on any atom is 0.416 e. The molecular formula is C22H19F5NO4S2+. The van der Waals surface area contributed by atoms with Gasteiger partial charge < -0.3 is 14.6 Å². The van der Waals surface area contributed by atoms with E-state index in [4.69, 9.17) is 14.6 Å². The number of thioether (sulfide) groups is 1. The highest BCUT2D eigenvalue weighted by atomic mass is 32.2. The Labute approximate surface area is 198 Å². The quantitative estimate of drug-likeness (QED) is 0.197. The van der Waals surface area contributed by atoms with Crippen molar-refractivity contribution >= 4 is 28.2 Å². The van der Waals surface area contributed by atoms with Crippen molar-refractivity contribution in [2.45, 2.75) is 36.1 Å². The van der Waals surface area contributed by atoms with Crippen molar-refractivity contribution in [2.75, 3.05) is 7.11 Å². The van der Waals surface area contributed by atoms with Gasteiger partial charge in [-0.3, -0.25) is 0 Å². The molecule has 0 saturated carbocycles. The average Bonchev–Trinajstić information content (AvgIpc) is 3.13. The van der Waals surface area contributed by atoms with Gasteiger partial charge in [-0.25, -0.2) is 4.79 Å². The van der Waals surface area contributed by atoms with Crippen molar-refractivity contribution in [1.82, 2.24) is 4.98 Å². The molecule has 0 aliphatic carbocycles. The lowest BCUT2D eigenvalue weighted by molar-refractivity contribution is -0.152. The van der Waals surface area contributed by atoms with E-state index in [9.17, 15) is 26.7 Å². The summed E-state index contributed by atoms with van der Waals surface area (Å²) in [6.07, 6.45) is -4.44. The molecule has 0 amide bonds. The van der Waals surface area contributed by atoms with E-state index in [-0.39, 0.29) is 34.1 Å². The molecule has 0 bridgehead atoms. The van der Waals surface area contributed by atoms with E-state index < -0.39 is 33.4 Å². The molecule has 1 unspecified atom stereocenters. The third-order valence-corrected chi connectivity index (χ3v) is 7.50. The molecule has 1 atom stereocenters. The van der Waals surface area contributed by atoms with Crippen molar-refractivity contribution < 1.29 is 41.3 Å². The summed E-state index contributed by atoms with van der Waals surface area (Å²) >= 11 is -0.112. The summed E-state index contributed by atoms with van der Waals surface area (Å²) in [5, 5.41) is 7.06. The van der Waals surface area contributed by atoms with Gasteiger partial charge in [-0.15, -0.1) is 0 Å². The van der Waals surface area contributed by atoms with Crippen molar-refractivity contribution in [3.63, 3.8) is 0 Å². The number of rotatable bonds is 8. The van der Waals surface area contributed by atoms with Crippen LogP contribution in [0.1, 0.15) is 16.8 Å². The molecule has 0 saturated heterocycles. The van der Waals surface area contributed by atoms with Crippen LogP contribution in [-0.4, -0.2) is 28.4 Å². The van der Waals surface area contributed by atoms with E-state index in [1.54, 1.807) is 6.92 Å². The summed E-state index contributed by atoms with van der Waals surface area (Å²) < 4.78 is 77.0. The van der Waals surface area contributed by atoms with E-state index in [2.05, 4.69) is 4.98 Å². The number of aromatic nitrogens is 1. The number of hydrogen-bond acceptors (Lipinski definition) is 5. The number of nitrogens with zero attached hydrogens (tertiary/aromatic N) is 1. The van der Waals surface area contributed by atoms with Gasteiger partial charge in [0.1, 0.15) is 0 Å². The van der Waals surface area contributed by atoms with Crippen LogP contribution in [0.2, 0.25) is 0 Å². The molecule has 0 radical (unpaired) electrons. The van der Waals surface area contributed by atoms with Crippen LogP contribution in [0.5, 0.6) is 11.5 Å². The van der Waals surface area contributed by atoms with Crippen LogP contribution in [-0.2, 0) is 16.9 Å². The Bertz CT molecular complexity index is 1190. The minimum Gasteiger partial charge on any atom is -0.493 e. The Balaban J connectivity index is 1.85. The number of halogens is 5. The SMILES string of the molecule is COc1cc(SC(F)(F)C(=O)O)c(C)cc1OC[s+]1cc(C)nc1-c1ccc(C(F)(F)F)cc1. The number of aryl methyl sites for hydroxylation is 2. The monoisotopic (exact) mass is 520 g/mol. The highest BCUT2D eigenvalue weighted by Gasteiger charge is 2.41. The van der Waals surface area contributed by atoms with Crippen molar-refractivity contribution in [1.29, 1.82) is 0 Å². The van der Waals surface area contributed by atoms with Gasteiger partial charge >= 0.3 is 17.4 Å². The highest BCUT2D eigenvalue weighted by Crippen LogP contribution is 2.43. The molecule has 5 nitrogen and oxygen atoms in total. The largest absolute Gasteiger partial charge is 0.493 e. The lowest BCUT2D eigenvalue weighted by atomic mass is 10.1. The summed E-state index contributed by atoms with van der Waals surface area (Å²) in [5.41, 5.74) is 0.814. The smallest absolute Gasteiger partial charge is 0.416 e. The number of hydrogen-bond donors (Lipinski definition) is 1. The normalized spacial score (nSPS) is 12.5. The minimum absolute atomic E-state index is 0.0164. The number of methoxy groups -OCH3 is 1. The lowest BCUT2D eigenvalue weighted by Gasteiger charge is -2.15. The fraction of sp³-hybridized carbons (Fsp3) is 0.273. The zero-order chi connectivity index (χ0) is 25.3. The number of alkyl halides is 5. The van der Waals surface area contributed by atoms with Crippen molar-refractivity contribution in [2.24, 2.45) is 0 Å². The van der Waals surface area contributed by atoms with Crippen LogP contribution < -0.4 is 9.47 Å². The molecule has 1 aromatic heterocycles. The number of aliphatic carboxylic acids is 1. The summed E-state index contributed by atoms with van der Waals surface area (Å²) in [4.78, 5) is 15.2. The zero-order valence-corrected chi connectivity index (χ0v) is 19.7. The number of ether oxygens (including phenoxy) is 2. The first-order chi connectivity index (χ1) is 15.8. The molecule has 34 heavy (non-hydrogen) atoms. The van der Waals surface area contributed by atoms with Gasteiger partial charge in [0.2, 0.25) is 0 Å². The second kappa shape index (κ2) is 9.79. The van der Waals surface area contributed by atoms with Crippen molar-refractivity contribution in [3.05, 3.63) is 58.6 Å². The maximum absolute atomic E-state index is 13.6. The van der Waals surface area contributed by atoms with E-state index in [1.807, 2.05) is 5.38 Å². The van der Waals surface area contributed by atoms with Crippen LogP contribution in [0, 0.1) is 13.8 Å². The molecule has 0 spiro atoms. The van der Waals surface area contributed by atoms with Crippen LogP contribution >= 0.6 is 22.2 Å². The van der Waals surface area contributed by atoms with Gasteiger partial charge in [-0.2, -0.15) is 26.9 Å². The third kappa shape index (κ3) is 5.79. The van der Waals surface area contributed by atoms with E-state index in [0.29, 0.717) is 21.8 Å². The molecule has 0 aliphatic heterocycles. The second-order valence-electron chi connectivity index (χ2n) is 7.13. The van der Waals surface area contributed by atoms with Crippen LogP contribution in [0.25, 0.3) is 10.6 Å². The van der Waals surface area contributed by atoms with Crippen LogP contribution in [0.3, 0.4) is 0 Å². The summed E-state index contributed by atoms with van der Waals surface area (Å²) in [5.74, 6) is -1.79. The standard InChI is InChI=1S/C22H18F5NO4S2/c1-12-8-17(16(31-3)9-18(12)33-22(26,27)20(29)30)32-11-34-10-13(2)28-19(34)14-4-6-15(7-5-14)21(23,24)25/h4-10H,11H2,1-3H3/p+1. The van der Waals surface area contributed by atoms with E-state index >= 15 is 0 Å². The fourth-order valence-corrected chi connectivity index (χ4v) is 5.41. The predicted molar refractivity (Wildman–Crippen MR) is 119 cm³/mol. The van der Waals surface area contributed by atoms with Gasteiger partial charge in [0.15, 0.2) is 16.9 Å².